The van der Waals surface area contributed by atoms with Crippen LogP contribution in [0.3, 0.4) is 0 Å². The lowest BCUT2D eigenvalue weighted by molar-refractivity contribution is -0.142. The Hall–Kier alpha value is -1.36. The molecular weight excluding hydrogens is 158 g/mol. The van der Waals surface area contributed by atoms with Crippen molar-refractivity contribution in [3.63, 3.8) is 0 Å². The van der Waals surface area contributed by atoms with Gasteiger partial charge in [-0.25, -0.2) is 4.79 Å². The largest absolute Gasteiger partial charge is 0.468 e. The van der Waals surface area contributed by atoms with E-state index in [1.54, 1.807) is 24.0 Å². The van der Waals surface area contributed by atoms with Gasteiger partial charge >= 0.3 is 5.97 Å². The van der Waals surface area contributed by atoms with Gasteiger partial charge in [0.15, 0.2) is 0 Å². The third-order valence-electron chi connectivity index (χ3n) is 1.51. The van der Waals surface area contributed by atoms with Crippen LogP contribution in [0.2, 0.25) is 0 Å². The van der Waals surface area contributed by atoms with E-state index in [-0.39, 0.29) is 0 Å². The molecule has 0 aliphatic heterocycles. The molecule has 0 saturated carbocycles. The third kappa shape index (κ3) is 1.62. The normalized spacial score (nSPS) is 12.6. The van der Waals surface area contributed by atoms with Gasteiger partial charge in [-0.2, -0.15) is 5.10 Å². The van der Waals surface area contributed by atoms with Gasteiger partial charge in [0.2, 0.25) is 0 Å². The molecule has 0 aliphatic carbocycles. The molecule has 1 atom stereocenters. The quantitative estimate of drug-likeness (QED) is 0.611. The number of carbonyl (C=O) groups is 1. The maximum Gasteiger partial charge on any atom is 0.328 e. The minimum absolute atomic E-state index is 0.478. The van der Waals surface area contributed by atoms with Gasteiger partial charge in [0.25, 0.3) is 0 Å². The molecule has 0 spiro atoms. The predicted molar refractivity (Wildman–Crippen MR) is 42.2 cm³/mol. The Morgan fingerprint density at radius 3 is 2.92 bits per heavy atom. The predicted octanol–water partition coefficient (Wildman–Crippen LogP) is -0.407. The van der Waals surface area contributed by atoms with Gasteiger partial charge in [-0.05, 0) is 6.07 Å². The first-order valence-corrected chi connectivity index (χ1v) is 3.48. The average molecular weight is 169 g/mol. The van der Waals surface area contributed by atoms with Crippen LogP contribution in [-0.4, -0.2) is 22.9 Å². The van der Waals surface area contributed by atoms with Gasteiger partial charge in [0.05, 0.1) is 12.8 Å². The minimum atomic E-state index is -0.781. The maximum atomic E-state index is 10.9. The minimum Gasteiger partial charge on any atom is -0.468 e. The van der Waals surface area contributed by atoms with Crippen molar-refractivity contribution < 1.29 is 9.53 Å². The van der Waals surface area contributed by atoms with Crippen molar-refractivity contribution in [2.24, 2.45) is 12.8 Å². The Balaban J connectivity index is 2.77. The van der Waals surface area contributed by atoms with E-state index < -0.39 is 12.0 Å². The van der Waals surface area contributed by atoms with E-state index in [4.69, 9.17) is 5.73 Å². The molecular formula is C7H11N3O2. The number of rotatable bonds is 2. The van der Waals surface area contributed by atoms with E-state index in [1.165, 1.54) is 7.11 Å². The van der Waals surface area contributed by atoms with Crippen LogP contribution in [0.25, 0.3) is 0 Å². The summed E-state index contributed by atoms with van der Waals surface area (Å²) >= 11 is 0. The Labute approximate surface area is 70.1 Å². The summed E-state index contributed by atoms with van der Waals surface area (Å²) in [7, 11) is 3.05. The zero-order chi connectivity index (χ0) is 9.14. The standard InChI is InChI=1S/C7H11N3O2/c1-10-4-3-5(9-10)6(8)7(11)12-2/h3-4,6H,8H2,1-2H3/t6-/m0/s1. The molecule has 1 aromatic heterocycles. The number of nitrogens with two attached hydrogens (primary N) is 1. The van der Waals surface area contributed by atoms with Gasteiger partial charge in [0, 0.05) is 13.2 Å². The Morgan fingerprint density at radius 1 is 1.83 bits per heavy atom. The molecule has 5 heteroatoms. The first kappa shape index (κ1) is 8.73. The summed E-state index contributed by atoms with van der Waals surface area (Å²) in [5.74, 6) is -0.478. The van der Waals surface area contributed by atoms with Crippen molar-refractivity contribution in [3.05, 3.63) is 18.0 Å². The highest BCUT2D eigenvalue weighted by molar-refractivity contribution is 5.76. The number of nitrogens with zero attached hydrogens (tertiary/aromatic N) is 2. The smallest absolute Gasteiger partial charge is 0.328 e. The van der Waals surface area contributed by atoms with Crippen LogP contribution in [-0.2, 0) is 16.6 Å². The second-order valence-corrected chi connectivity index (χ2v) is 2.42. The number of hydrogen-bond acceptors (Lipinski definition) is 4. The number of aryl methyl sites for hydroxylation is 1. The first-order chi connectivity index (χ1) is 5.65. The van der Waals surface area contributed by atoms with Gasteiger partial charge in [-0.1, -0.05) is 0 Å². The van der Waals surface area contributed by atoms with Crippen molar-refractivity contribution in [1.29, 1.82) is 0 Å². The van der Waals surface area contributed by atoms with Crippen LogP contribution in [0.4, 0.5) is 0 Å². The summed E-state index contributed by atoms with van der Waals surface area (Å²) < 4.78 is 6.04. The fraction of sp³-hybridized carbons (Fsp3) is 0.429. The van der Waals surface area contributed by atoms with Gasteiger partial charge < -0.3 is 10.5 Å². The third-order valence-corrected chi connectivity index (χ3v) is 1.51. The molecule has 66 valence electrons. The number of carbonyl (C=O) groups excluding carboxylic acids is 1. The summed E-state index contributed by atoms with van der Waals surface area (Å²) in [4.78, 5) is 10.9. The summed E-state index contributed by atoms with van der Waals surface area (Å²) in [6, 6.07) is 0.901. The highest BCUT2D eigenvalue weighted by Crippen LogP contribution is 2.07. The van der Waals surface area contributed by atoms with E-state index in [2.05, 4.69) is 9.84 Å². The lowest BCUT2D eigenvalue weighted by atomic mass is 10.2. The fourth-order valence-electron chi connectivity index (χ4n) is 0.847. The zero-order valence-corrected chi connectivity index (χ0v) is 7.02. The molecule has 0 aromatic carbocycles. The Morgan fingerprint density at radius 2 is 2.50 bits per heavy atom. The van der Waals surface area contributed by atoms with Crippen LogP contribution >= 0.6 is 0 Å². The van der Waals surface area contributed by atoms with Crippen molar-refractivity contribution in [2.75, 3.05) is 7.11 Å². The summed E-state index contributed by atoms with van der Waals surface area (Å²) in [6.07, 6.45) is 1.72. The van der Waals surface area contributed by atoms with Crippen LogP contribution in [0.5, 0.6) is 0 Å². The van der Waals surface area contributed by atoms with Crippen LogP contribution in [0.1, 0.15) is 11.7 Å². The molecule has 0 amide bonds. The van der Waals surface area contributed by atoms with Crippen LogP contribution in [0.15, 0.2) is 12.3 Å². The second kappa shape index (κ2) is 3.36. The Kier molecular flexibility index (Phi) is 2.44. The van der Waals surface area contributed by atoms with E-state index in [9.17, 15) is 4.79 Å². The monoisotopic (exact) mass is 169 g/mol. The molecule has 5 nitrogen and oxygen atoms in total. The van der Waals surface area contributed by atoms with E-state index >= 15 is 0 Å². The first-order valence-electron chi connectivity index (χ1n) is 3.48. The van der Waals surface area contributed by atoms with Gasteiger partial charge in [0.1, 0.15) is 6.04 Å². The summed E-state index contributed by atoms with van der Waals surface area (Å²) in [6.45, 7) is 0. The number of methoxy groups -OCH3 is 1. The van der Waals surface area contributed by atoms with Gasteiger partial charge in [-0.3, -0.25) is 4.68 Å². The molecule has 12 heavy (non-hydrogen) atoms. The molecule has 1 heterocycles. The van der Waals surface area contributed by atoms with E-state index in [1.807, 2.05) is 0 Å². The summed E-state index contributed by atoms with van der Waals surface area (Å²) in [5, 5.41) is 3.97. The molecule has 0 unspecified atom stereocenters. The lowest BCUT2D eigenvalue weighted by Crippen LogP contribution is -2.23. The molecule has 0 bridgehead atoms. The molecule has 2 N–H and O–H groups in total. The Bertz CT molecular complexity index is 282. The second-order valence-electron chi connectivity index (χ2n) is 2.42. The number of esters is 1. The van der Waals surface area contributed by atoms with Crippen molar-refractivity contribution in [3.8, 4) is 0 Å². The van der Waals surface area contributed by atoms with Crippen molar-refractivity contribution in [2.45, 2.75) is 6.04 Å². The molecule has 0 saturated heterocycles. The SMILES string of the molecule is COC(=O)[C@@H](N)c1ccn(C)n1. The van der Waals surface area contributed by atoms with Crippen molar-refractivity contribution in [1.82, 2.24) is 9.78 Å². The van der Waals surface area contributed by atoms with Gasteiger partial charge in [-0.15, -0.1) is 0 Å². The number of hydrogen-bond donors (Lipinski definition) is 1. The van der Waals surface area contributed by atoms with Crippen molar-refractivity contribution >= 4 is 5.97 Å². The molecule has 1 aromatic rings. The fourth-order valence-corrected chi connectivity index (χ4v) is 0.847. The summed E-state index contributed by atoms with van der Waals surface area (Å²) in [5.41, 5.74) is 6.03. The number of ether oxygens (including phenoxy) is 1. The molecule has 0 radical (unpaired) electrons. The van der Waals surface area contributed by atoms with E-state index in [0.717, 1.165) is 0 Å². The van der Waals surface area contributed by atoms with Crippen LogP contribution in [0, 0.1) is 0 Å². The molecule has 0 aliphatic rings. The highest BCUT2D eigenvalue weighted by atomic mass is 16.5. The topological polar surface area (TPSA) is 70.1 Å². The van der Waals surface area contributed by atoms with Crippen LogP contribution < -0.4 is 5.73 Å². The molecule has 0 fully saturated rings. The number of aromatic nitrogens is 2. The molecule has 1 rings (SSSR count). The zero-order valence-electron chi connectivity index (χ0n) is 7.02. The highest BCUT2D eigenvalue weighted by Gasteiger charge is 2.17. The van der Waals surface area contributed by atoms with E-state index in [0.29, 0.717) is 5.69 Å². The maximum absolute atomic E-state index is 10.9. The average Bonchev–Trinajstić information content (AvgIpc) is 2.49. The lowest BCUT2D eigenvalue weighted by Gasteiger charge is -2.04.